The summed E-state index contributed by atoms with van der Waals surface area (Å²) in [7, 11) is 1.86. The number of hydrogen-bond donors (Lipinski definition) is 2. The van der Waals surface area contributed by atoms with E-state index in [0.717, 1.165) is 24.1 Å². The zero-order valence-corrected chi connectivity index (χ0v) is 21.6. The molecule has 196 valence electrons. The summed E-state index contributed by atoms with van der Waals surface area (Å²) >= 11 is 0. The molecule has 0 bridgehead atoms. The molecule has 5 heterocycles. The minimum atomic E-state index is -0.416. The fourth-order valence-corrected chi connectivity index (χ4v) is 5.63. The van der Waals surface area contributed by atoms with Gasteiger partial charge in [0.05, 0.1) is 36.0 Å². The fraction of sp³-hybridized carbons (Fsp3) is 0.407. The number of carbonyl (C=O) groups is 2. The number of rotatable bonds is 6. The van der Waals surface area contributed by atoms with Crippen molar-refractivity contribution >= 4 is 28.8 Å². The first kappa shape index (κ1) is 24.2. The molecule has 11 heteroatoms. The second-order valence-corrected chi connectivity index (χ2v) is 10.4. The van der Waals surface area contributed by atoms with Gasteiger partial charge in [-0.15, -0.1) is 10.2 Å². The molecular formula is C27H31N9O2. The summed E-state index contributed by atoms with van der Waals surface area (Å²) in [5.74, 6) is -0.323. The maximum absolute atomic E-state index is 13.1. The Kier molecular flexibility index (Phi) is 6.15. The highest BCUT2D eigenvalue weighted by Crippen LogP contribution is 2.44. The molecule has 2 N–H and O–H groups in total. The van der Waals surface area contributed by atoms with Crippen molar-refractivity contribution in [2.75, 3.05) is 23.7 Å². The van der Waals surface area contributed by atoms with Crippen LogP contribution < -0.4 is 10.6 Å². The van der Waals surface area contributed by atoms with Crippen LogP contribution in [0.4, 0.5) is 11.4 Å². The Bertz CT molecular complexity index is 1520. The van der Waals surface area contributed by atoms with Gasteiger partial charge >= 0.3 is 0 Å². The molecule has 4 aromatic heterocycles. The summed E-state index contributed by atoms with van der Waals surface area (Å²) in [6.45, 7) is 3.15. The Balaban J connectivity index is 1.15. The van der Waals surface area contributed by atoms with E-state index in [2.05, 4.69) is 35.8 Å². The number of likely N-dealkylation sites (tertiary alicyclic amines) is 1. The van der Waals surface area contributed by atoms with E-state index in [0.29, 0.717) is 29.3 Å². The topological polar surface area (TPSA) is 122 Å². The lowest BCUT2D eigenvalue weighted by molar-refractivity contribution is -0.121. The number of anilines is 2. The molecule has 2 amide bonds. The quantitative estimate of drug-likeness (QED) is 0.405. The highest BCUT2D eigenvalue weighted by atomic mass is 16.2. The predicted octanol–water partition coefficient (Wildman–Crippen LogP) is 3.43. The molecular weight excluding hydrogens is 482 g/mol. The van der Waals surface area contributed by atoms with Crippen molar-refractivity contribution in [3.05, 3.63) is 54.5 Å². The predicted molar refractivity (Wildman–Crippen MR) is 143 cm³/mol. The molecule has 0 unspecified atom stereocenters. The molecule has 1 aliphatic heterocycles. The molecule has 38 heavy (non-hydrogen) atoms. The molecule has 2 aliphatic rings. The lowest BCUT2D eigenvalue weighted by atomic mass is 9.70. The highest BCUT2D eigenvalue weighted by Gasteiger charge is 2.44. The molecule has 0 radical (unpaired) electrons. The van der Waals surface area contributed by atoms with Gasteiger partial charge in [0.25, 0.3) is 5.91 Å². The number of carbonyl (C=O) groups excluding carboxylic acids is 2. The van der Waals surface area contributed by atoms with Gasteiger partial charge in [-0.25, -0.2) is 0 Å². The van der Waals surface area contributed by atoms with Crippen LogP contribution in [0, 0.1) is 6.92 Å². The van der Waals surface area contributed by atoms with E-state index in [1.807, 2.05) is 25.4 Å². The first-order chi connectivity index (χ1) is 18.4. The standard InChI is InChI=1S/C27H31N9O2/c1-18-22(13-21(15-28-18)30-24(37)17-35-10-4-3-7-27(35)8-5-9-27)31-26(38)25-33-32-23-12-19(6-11-36(23)25)20-14-29-34(2)16-20/h6,11-16H,3-5,7-10,17H2,1-2H3,(H,30,37)(H,31,38). The molecule has 0 atom stereocenters. The SMILES string of the molecule is Cc1ncc(NC(=O)CN2CCCCC23CCC3)cc1NC(=O)c1nnc2cc(-c3cnn(C)c3)ccn12. The van der Waals surface area contributed by atoms with Crippen LogP contribution in [0.15, 0.2) is 43.0 Å². The second kappa shape index (κ2) is 9.64. The number of aryl methyl sites for hydroxylation is 2. The van der Waals surface area contributed by atoms with E-state index in [1.165, 1.54) is 32.1 Å². The van der Waals surface area contributed by atoms with Crippen molar-refractivity contribution in [2.45, 2.75) is 51.0 Å². The summed E-state index contributed by atoms with van der Waals surface area (Å²) in [5, 5.41) is 18.3. The Hall–Kier alpha value is -4.12. The van der Waals surface area contributed by atoms with E-state index >= 15 is 0 Å². The van der Waals surface area contributed by atoms with E-state index in [-0.39, 0.29) is 17.3 Å². The molecule has 6 rings (SSSR count). The third-order valence-corrected chi connectivity index (χ3v) is 7.88. The number of nitrogens with zero attached hydrogens (tertiary/aromatic N) is 7. The lowest BCUT2D eigenvalue weighted by Crippen LogP contribution is -2.58. The van der Waals surface area contributed by atoms with E-state index in [1.54, 1.807) is 40.7 Å². The van der Waals surface area contributed by atoms with Gasteiger partial charge in [0.1, 0.15) is 0 Å². The number of fused-ring (bicyclic) bond motifs is 1. The van der Waals surface area contributed by atoms with Crippen LogP contribution in [0.5, 0.6) is 0 Å². The Morgan fingerprint density at radius 1 is 1.03 bits per heavy atom. The van der Waals surface area contributed by atoms with Crippen LogP contribution >= 0.6 is 0 Å². The monoisotopic (exact) mass is 513 g/mol. The van der Waals surface area contributed by atoms with Gasteiger partial charge in [0, 0.05) is 30.5 Å². The summed E-state index contributed by atoms with van der Waals surface area (Å²) in [6.07, 6.45) is 14.3. The minimum Gasteiger partial charge on any atom is -0.324 e. The Morgan fingerprint density at radius 3 is 2.63 bits per heavy atom. The van der Waals surface area contributed by atoms with Crippen molar-refractivity contribution in [2.24, 2.45) is 7.05 Å². The average molecular weight is 514 g/mol. The number of piperidine rings is 1. The van der Waals surface area contributed by atoms with E-state index in [4.69, 9.17) is 0 Å². The van der Waals surface area contributed by atoms with Crippen molar-refractivity contribution in [3.63, 3.8) is 0 Å². The van der Waals surface area contributed by atoms with Gasteiger partial charge in [0.2, 0.25) is 11.7 Å². The number of pyridine rings is 2. The van der Waals surface area contributed by atoms with Gasteiger partial charge in [-0.3, -0.25) is 28.6 Å². The molecule has 1 saturated carbocycles. The summed E-state index contributed by atoms with van der Waals surface area (Å²) in [5.41, 5.74) is 4.34. The molecule has 11 nitrogen and oxygen atoms in total. The summed E-state index contributed by atoms with van der Waals surface area (Å²) < 4.78 is 3.37. The minimum absolute atomic E-state index is 0.0611. The van der Waals surface area contributed by atoms with Crippen molar-refractivity contribution in [1.82, 2.24) is 34.3 Å². The number of amides is 2. The zero-order valence-electron chi connectivity index (χ0n) is 21.6. The van der Waals surface area contributed by atoms with Gasteiger partial charge in [-0.05, 0) is 69.3 Å². The maximum Gasteiger partial charge on any atom is 0.294 e. The Labute approximate surface area is 220 Å². The smallest absolute Gasteiger partial charge is 0.294 e. The van der Waals surface area contributed by atoms with Crippen LogP contribution in [0.1, 0.15) is 54.8 Å². The molecule has 2 fully saturated rings. The zero-order chi connectivity index (χ0) is 26.3. The first-order valence-corrected chi connectivity index (χ1v) is 13.1. The number of hydrogen-bond acceptors (Lipinski definition) is 7. The second-order valence-electron chi connectivity index (χ2n) is 10.4. The normalized spacial score (nSPS) is 16.9. The third kappa shape index (κ3) is 4.53. The van der Waals surface area contributed by atoms with Gasteiger partial charge in [-0.1, -0.05) is 6.42 Å². The molecule has 0 aromatic carbocycles. The van der Waals surface area contributed by atoms with Crippen LogP contribution in [-0.4, -0.2) is 64.7 Å². The number of aromatic nitrogens is 6. The van der Waals surface area contributed by atoms with Gasteiger partial charge in [0.15, 0.2) is 5.65 Å². The maximum atomic E-state index is 13.1. The van der Waals surface area contributed by atoms with Crippen molar-refractivity contribution in [3.8, 4) is 11.1 Å². The van der Waals surface area contributed by atoms with Crippen molar-refractivity contribution in [1.29, 1.82) is 0 Å². The fourth-order valence-electron chi connectivity index (χ4n) is 5.63. The number of nitrogens with one attached hydrogen (secondary N) is 2. The lowest BCUT2D eigenvalue weighted by Gasteiger charge is -2.53. The van der Waals surface area contributed by atoms with Crippen LogP contribution in [0.3, 0.4) is 0 Å². The van der Waals surface area contributed by atoms with E-state index < -0.39 is 5.91 Å². The molecule has 1 aliphatic carbocycles. The van der Waals surface area contributed by atoms with E-state index in [9.17, 15) is 9.59 Å². The van der Waals surface area contributed by atoms with Gasteiger partial charge < -0.3 is 10.6 Å². The largest absolute Gasteiger partial charge is 0.324 e. The van der Waals surface area contributed by atoms with Crippen LogP contribution in [0.25, 0.3) is 16.8 Å². The Morgan fingerprint density at radius 2 is 1.87 bits per heavy atom. The third-order valence-electron chi connectivity index (χ3n) is 7.88. The first-order valence-electron chi connectivity index (χ1n) is 13.1. The average Bonchev–Trinajstić information content (AvgIpc) is 3.51. The molecule has 1 spiro atoms. The van der Waals surface area contributed by atoms with Crippen LogP contribution in [0.2, 0.25) is 0 Å². The summed E-state index contributed by atoms with van der Waals surface area (Å²) in [6, 6.07) is 5.49. The van der Waals surface area contributed by atoms with Crippen LogP contribution in [-0.2, 0) is 11.8 Å². The van der Waals surface area contributed by atoms with Crippen molar-refractivity contribution < 1.29 is 9.59 Å². The van der Waals surface area contributed by atoms with Gasteiger partial charge in [-0.2, -0.15) is 5.10 Å². The molecule has 1 saturated heterocycles. The summed E-state index contributed by atoms with van der Waals surface area (Å²) in [4.78, 5) is 32.8. The molecule has 4 aromatic rings. The highest BCUT2D eigenvalue weighted by molar-refractivity contribution is 6.03.